The Hall–Kier alpha value is -1.40. The number of ether oxygens (including phenoxy) is 1. The summed E-state index contributed by atoms with van der Waals surface area (Å²) in [5.74, 6) is 1.72. The summed E-state index contributed by atoms with van der Waals surface area (Å²) in [6.07, 6.45) is 0. The zero-order valence-electron chi connectivity index (χ0n) is 16.9. The van der Waals surface area contributed by atoms with Crippen molar-refractivity contribution in [3.8, 4) is 0 Å². The predicted octanol–water partition coefficient (Wildman–Crippen LogP) is 2.94. The predicted molar refractivity (Wildman–Crippen MR) is 112 cm³/mol. The van der Waals surface area contributed by atoms with E-state index in [1.807, 2.05) is 45.9 Å². The molecule has 0 heterocycles. The van der Waals surface area contributed by atoms with Gasteiger partial charge < -0.3 is 15.4 Å². The van der Waals surface area contributed by atoms with E-state index in [4.69, 9.17) is 4.74 Å². The summed E-state index contributed by atoms with van der Waals surface area (Å²) >= 11 is 0. The molecule has 2 unspecified atom stereocenters. The molecule has 2 N–H and O–H groups in total. The van der Waals surface area contributed by atoms with E-state index in [0.29, 0.717) is 38.0 Å². The van der Waals surface area contributed by atoms with Gasteiger partial charge in [-0.1, -0.05) is 37.3 Å². The molecule has 0 amide bonds. The normalized spacial score (nSPS) is 14.7. The molecule has 1 aromatic rings. The van der Waals surface area contributed by atoms with E-state index in [1.165, 1.54) is 5.56 Å². The molecule has 1 rings (SSSR count). The number of benzene rings is 1. The minimum Gasteiger partial charge on any atom is -0.376 e. The topological polar surface area (TPSA) is 62.7 Å². The quantitative estimate of drug-likeness (QED) is 0.483. The first-order chi connectivity index (χ1) is 12.3. The molecule has 0 radical (unpaired) electrons. The molecule has 0 aliphatic rings. The molecule has 0 aliphatic heterocycles. The van der Waals surface area contributed by atoms with Crippen LogP contribution in [0.5, 0.6) is 0 Å². The second-order valence-corrected chi connectivity index (χ2v) is 9.74. The van der Waals surface area contributed by atoms with Crippen LogP contribution in [0.4, 0.5) is 0 Å². The molecule has 1 aromatic carbocycles. The lowest BCUT2D eigenvalue weighted by molar-refractivity contribution is 0.0945. The summed E-state index contributed by atoms with van der Waals surface area (Å²) in [5.41, 5.74) is 1.19. The molecule has 6 heteroatoms. The van der Waals surface area contributed by atoms with Crippen LogP contribution in [-0.4, -0.2) is 46.9 Å². The Morgan fingerprint density at radius 2 is 1.92 bits per heavy atom. The van der Waals surface area contributed by atoms with Gasteiger partial charge in [-0.2, -0.15) is 0 Å². The zero-order chi connectivity index (χ0) is 19.4. The molecule has 0 saturated carbocycles. The van der Waals surface area contributed by atoms with Gasteiger partial charge in [0.2, 0.25) is 0 Å². The number of nitrogens with zero attached hydrogens (tertiary/aromatic N) is 1. The average molecular weight is 382 g/mol. The molecule has 0 aromatic heterocycles. The van der Waals surface area contributed by atoms with E-state index in [2.05, 4.69) is 34.7 Å². The van der Waals surface area contributed by atoms with Crippen molar-refractivity contribution in [3.05, 3.63) is 35.9 Å². The molecule has 148 valence electrons. The van der Waals surface area contributed by atoms with Gasteiger partial charge >= 0.3 is 0 Å². The molecule has 0 spiro atoms. The lowest BCUT2D eigenvalue weighted by Crippen LogP contribution is -2.40. The number of hydrogen-bond donors (Lipinski definition) is 2. The third-order valence-electron chi connectivity index (χ3n) is 3.68. The minimum atomic E-state index is -0.858. The maximum atomic E-state index is 12.1. The summed E-state index contributed by atoms with van der Waals surface area (Å²) < 4.78 is 17.7. The molecule has 0 aliphatic carbocycles. The van der Waals surface area contributed by atoms with E-state index < -0.39 is 10.8 Å². The molecule has 0 bridgehead atoms. The fourth-order valence-electron chi connectivity index (χ4n) is 2.16. The van der Waals surface area contributed by atoms with Crippen molar-refractivity contribution in [1.82, 2.24) is 10.6 Å². The van der Waals surface area contributed by atoms with Crippen LogP contribution in [0.25, 0.3) is 0 Å². The maximum absolute atomic E-state index is 12.1. The van der Waals surface area contributed by atoms with Gasteiger partial charge in [-0.05, 0) is 39.2 Å². The van der Waals surface area contributed by atoms with Crippen molar-refractivity contribution in [2.45, 2.75) is 46.0 Å². The molecular weight excluding hydrogens is 346 g/mol. The van der Waals surface area contributed by atoms with Crippen molar-refractivity contribution < 1.29 is 8.95 Å². The van der Waals surface area contributed by atoms with Crippen LogP contribution in [0.3, 0.4) is 0 Å². The summed E-state index contributed by atoms with van der Waals surface area (Å²) in [6.45, 7) is 13.6. The van der Waals surface area contributed by atoms with Gasteiger partial charge in [-0.25, -0.2) is 0 Å². The van der Waals surface area contributed by atoms with Crippen LogP contribution in [0.1, 0.15) is 40.2 Å². The lowest BCUT2D eigenvalue weighted by atomic mass is 10.2. The molecule has 0 saturated heterocycles. The third kappa shape index (κ3) is 9.92. The molecule has 5 nitrogen and oxygen atoms in total. The van der Waals surface area contributed by atoms with Crippen molar-refractivity contribution >= 4 is 16.8 Å². The van der Waals surface area contributed by atoms with Crippen LogP contribution in [0.2, 0.25) is 0 Å². The van der Waals surface area contributed by atoms with Gasteiger partial charge in [0.1, 0.15) is 0 Å². The molecule has 0 fully saturated rings. The smallest absolute Gasteiger partial charge is 0.191 e. The average Bonchev–Trinajstić information content (AvgIpc) is 2.59. The Labute approximate surface area is 161 Å². The van der Waals surface area contributed by atoms with E-state index in [-0.39, 0.29) is 4.75 Å². The number of hydrogen-bond acceptors (Lipinski definition) is 3. The first kappa shape index (κ1) is 22.6. The summed E-state index contributed by atoms with van der Waals surface area (Å²) in [7, 11) is -0.858. The zero-order valence-corrected chi connectivity index (χ0v) is 17.7. The highest BCUT2D eigenvalue weighted by molar-refractivity contribution is 7.86. The van der Waals surface area contributed by atoms with Gasteiger partial charge in [0.25, 0.3) is 0 Å². The Kier molecular flexibility index (Phi) is 10.5. The maximum Gasteiger partial charge on any atom is 0.191 e. The van der Waals surface area contributed by atoms with Crippen molar-refractivity contribution in [2.24, 2.45) is 10.9 Å². The Morgan fingerprint density at radius 3 is 2.54 bits per heavy atom. The minimum absolute atomic E-state index is 0.179. The first-order valence-corrected chi connectivity index (χ1v) is 10.7. The van der Waals surface area contributed by atoms with Crippen molar-refractivity contribution in [2.75, 3.05) is 32.0 Å². The lowest BCUT2D eigenvalue weighted by Gasteiger charge is -2.18. The monoisotopic (exact) mass is 381 g/mol. The van der Waals surface area contributed by atoms with Crippen molar-refractivity contribution in [1.29, 1.82) is 0 Å². The second-order valence-electron chi connectivity index (χ2n) is 7.41. The summed E-state index contributed by atoms with van der Waals surface area (Å²) in [4.78, 5) is 4.61. The molecular formula is C20H35N3O2S. The van der Waals surface area contributed by atoms with E-state index in [1.54, 1.807) is 0 Å². The Bertz CT molecular complexity index is 556. The fraction of sp³-hybridized carbons (Fsp3) is 0.650. The Morgan fingerprint density at radius 1 is 1.23 bits per heavy atom. The number of nitrogens with one attached hydrogen (secondary N) is 2. The largest absolute Gasteiger partial charge is 0.376 e. The van der Waals surface area contributed by atoms with Gasteiger partial charge in [0.15, 0.2) is 5.96 Å². The standard InChI is InChI=1S/C20H35N3O2S/c1-6-21-19(22-12-13-26(24)20(3,4)5)23-14-17(2)15-25-16-18-10-8-7-9-11-18/h7-11,17H,6,12-16H2,1-5H3,(H2,21,22,23). The third-order valence-corrected chi connectivity index (χ3v) is 5.62. The SMILES string of the molecule is CCNC(=NCC(C)COCc1ccccc1)NCCS(=O)C(C)(C)C. The highest BCUT2D eigenvalue weighted by Gasteiger charge is 2.18. The van der Waals surface area contributed by atoms with Crippen LogP contribution >= 0.6 is 0 Å². The summed E-state index contributed by atoms with van der Waals surface area (Å²) in [6, 6.07) is 10.2. The van der Waals surface area contributed by atoms with Gasteiger partial charge in [-0.15, -0.1) is 0 Å². The molecule has 26 heavy (non-hydrogen) atoms. The van der Waals surface area contributed by atoms with Gasteiger partial charge in [0, 0.05) is 40.9 Å². The molecule has 2 atom stereocenters. The van der Waals surface area contributed by atoms with Crippen LogP contribution in [0.15, 0.2) is 35.3 Å². The highest BCUT2D eigenvalue weighted by Crippen LogP contribution is 2.10. The van der Waals surface area contributed by atoms with E-state index in [0.717, 1.165) is 12.5 Å². The second kappa shape index (κ2) is 12.1. The van der Waals surface area contributed by atoms with Gasteiger partial charge in [0.05, 0.1) is 13.2 Å². The van der Waals surface area contributed by atoms with Crippen LogP contribution in [-0.2, 0) is 22.1 Å². The first-order valence-electron chi connectivity index (χ1n) is 9.35. The number of rotatable bonds is 10. The Balaban J connectivity index is 2.33. The number of guanidine groups is 1. The fourth-order valence-corrected chi connectivity index (χ4v) is 3.06. The summed E-state index contributed by atoms with van der Waals surface area (Å²) in [5, 5.41) is 6.50. The van der Waals surface area contributed by atoms with Crippen molar-refractivity contribution in [3.63, 3.8) is 0 Å². The van der Waals surface area contributed by atoms with E-state index in [9.17, 15) is 4.21 Å². The van der Waals surface area contributed by atoms with Gasteiger partial charge in [-0.3, -0.25) is 9.20 Å². The van der Waals surface area contributed by atoms with E-state index >= 15 is 0 Å². The van der Waals surface area contributed by atoms with Crippen LogP contribution < -0.4 is 10.6 Å². The van der Waals surface area contributed by atoms with Crippen LogP contribution in [0, 0.1) is 5.92 Å². The highest BCUT2D eigenvalue weighted by atomic mass is 32.2. The number of aliphatic imine (C=N–C) groups is 1.